The zero-order valence-electron chi connectivity index (χ0n) is 22.7. The third kappa shape index (κ3) is 28.4. The summed E-state index contributed by atoms with van der Waals surface area (Å²) >= 11 is 19.8. The topological polar surface area (TPSA) is 0 Å². The molecule has 5 aromatic carbocycles. The van der Waals surface area contributed by atoms with E-state index in [2.05, 4.69) is 63.1 Å². The molecule has 0 nitrogen and oxygen atoms in total. The van der Waals surface area contributed by atoms with E-state index in [0.29, 0.717) is 0 Å². The standard InChI is InChI=1S/5C6H5FS.5FH/c5*7-5-1-3-6(8)4-2-5;;;;;/h5*1-4,8H;5*1H. The lowest BCUT2D eigenvalue weighted by Crippen LogP contribution is -1.68. The number of rotatable bonds is 0. The van der Waals surface area contributed by atoms with Gasteiger partial charge in [-0.3, -0.25) is 23.5 Å². The first-order chi connectivity index (χ1) is 18.9. The fourth-order valence-electron chi connectivity index (χ4n) is 2.21. The van der Waals surface area contributed by atoms with Crippen LogP contribution in [0, 0.1) is 29.1 Å². The van der Waals surface area contributed by atoms with Gasteiger partial charge in [0.15, 0.2) is 0 Å². The van der Waals surface area contributed by atoms with Crippen molar-refractivity contribution in [2.24, 2.45) is 0 Å². The summed E-state index contributed by atoms with van der Waals surface area (Å²) in [6.07, 6.45) is 0. The fraction of sp³-hybridized carbons (Fsp3) is 0. The third-order valence-corrected chi connectivity index (χ3v) is 5.62. The molecule has 0 atom stereocenters. The van der Waals surface area contributed by atoms with Gasteiger partial charge in [0.05, 0.1) is 0 Å². The van der Waals surface area contributed by atoms with Gasteiger partial charge in [-0.1, -0.05) is 0 Å². The highest BCUT2D eigenvalue weighted by molar-refractivity contribution is 7.81. The highest BCUT2D eigenvalue weighted by atomic mass is 32.1. The molecule has 0 heterocycles. The maximum Gasteiger partial charge on any atom is 0.123 e. The number of hydrogen-bond acceptors (Lipinski definition) is 5. The van der Waals surface area contributed by atoms with Crippen molar-refractivity contribution in [3.8, 4) is 0 Å². The Morgan fingerprint density at radius 1 is 0.222 bits per heavy atom. The molecule has 0 amide bonds. The molecule has 0 aromatic heterocycles. The summed E-state index contributed by atoms with van der Waals surface area (Å²) in [4.78, 5) is 3.92. The molecule has 0 N–H and O–H groups in total. The van der Waals surface area contributed by atoms with E-state index < -0.39 is 0 Å². The quantitative estimate of drug-likeness (QED) is 0.0758. The molecule has 0 aliphatic carbocycles. The molecule has 15 heteroatoms. The van der Waals surface area contributed by atoms with E-state index in [0.717, 1.165) is 24.5 Å². The molecule has 45 heavy (non-hydrogen) atoms. The summed E-state index contributed by atoms with van der Waals surface area (Å²) in [5.41, 5.74) is 0. The van der Waals surface area contributed by atoms with Crippen molar-refractivity contribution in [2.45, 2.75) is 24.5 Å². The van der Waals surface area contributed by atoms with E-state index in [9.17, 15) is 22.0 Å². The smallest absolute Gasteiger partial charge is 0.123 e. The lowest BCUT2D eigenvalue weighted by atomic mass is 10.4. The Hall–Kier alpha value is -2.85. The van der Waals surface area contributed by atoms with E-state index in [1.807, 2.05) is 0 Å². The van der Waals surface area contributed by atoms with Crippen LogP contribution in [-0.2, 0) is 0 Å². The van der Waals surface area contributed by atoms with Crippen LogP contribution in [0.1, 0.15) is 0 Å². The van der Waals surface area contributed by atoms with Crippen molar-refractivity contribution >= 4 is 63.1 Å². The van der Waals surface area contributed by atoms with Gasteiger partial charge in [0.2, 0.25) is 0 Å². The lowest BCUT2D eigenvalue weighted by molar-refractivity contribution is 0.626. The number of benzene rings is 5. The minimum Gasteiger partial charge on any atom is -0.269 e. The van der Waals surface area contributed by atoms with Crippen molar-refractivity contribution in [2.75, 3.05) is 0 Å². The minimum atomic E-state index is -0.220. The Balaban J connectivity index is -0.000000144. The van der Waals surface area contributed by atoms with Crippen LogP contribution in [0.25, 0.3) is 0 Å². The van der Waals surface area contributed by atoms with Crippen molar-refractivity contribution in [3.05, 3.63) is 150 Å². The molecule has 0 unspecified atom stereocenters. The first-order valence-corrected chi connectivity index (χ1v) is 13.4. The van der Waals surface area contributed by atoms with Crippen LogP contribution < -0.4 is 0 Å². The van der Waals surface area contributed by atoms with E-state index >= 15 is 0 Å². The van der Waals surface area contributed by atoms with Gasteiger partial charge in [-0.15, -0.1) is 63.1 Å². The van der Waals surface area contributed by atoms with Crippen LogP contribution in [0.15, 0.2) is 146 Å². The zero-order valence-corrected chi connectivity index (χ0v) is 27.2. The normalized spacial score (nSPS) is 8.22. The van der Waals surface area contributed by atoms with Crippen LogP contribution in [-0.4, -0.2) is 0 Å². The summed E-state index contributed by atoms with van der Waals surface area (Å²) < 4.78 is 60.3. The Morgan fingerprint density at radius 3 is 0.378 bits per heavy atom. The SMILES string of the molecule is F.F.F.F.F.Fc1ccc(S)cc1.Fc1ccc(S)cc1.Fc1ccc(S)cc1.Fc1ccc(S)cc1.Fc1ccc(S)cc1. The highest BCUT2D eigenvalue weighted by Crippen LogP contribution is 2.08. The zero-order chi connectivity index (χ0) is 29.9. The molecule has 0 radical (unpaired) electrons. The predicted octanol–water partition coefficient (Wildman–Crippen LogP) is 11.3. The Kier molecular flexibility index (Phi) is 34.3. The average Bonchev–Trinajstić information content (AvgIpc) is 2.94. The minimum absolute atomic E-state index is 0. The van der Waals surface area contributed by atoms with Crippen molar-refractivity contribution in [1.29, 1.82) is 0 Å². The van der Waals surface area contributed by atoms with E-state index in [-0.39, 0.29) is 52.6 Å². The van der Waals surface area contributed by atoms with Crippen LogP contribution in [0.5, 0.6) is 0 Å². The summed E-state index contributed by atoms with van der Waals surface area (Å²) in [7, 11) is 0. The van der Waals surface area contributed by atoms with Crippen molar-refractivity contribution < 1.29 is 45.5 Å². The van der Waals surface area contributed by atoms with Crippen LogP contribution in [0.2, 0.25) is 0 Å². The molecule has 250 valence electrons. The highest BCUT2D eigenvalue weighted by Gasteiger charge is 1.87. The largest absolute Gasteiger partial charge is 0.269 e. The summed E-state index contributed by atoms with van der Waals surface area (Å²) in [6, 6.07) is 29.9. The molecule has 0 bridgehead atoms. The number of halogens is 10. The maximum atomic E-state index is 12.1. The first-order valence-electron chi connectivity index (χ1n) is 11.2. The average molecular weight is 741 g/mol. The summed E-state index contributed by atoms with van der Waals surface area (Å²) in [5, 5.41) is 0. The lowest BCUT2D eigenvalue weighted by Gasteiger charge is -1.86. The van der Waals surface area contributed by atoms with E-state index in [1.54, 1.807) is 60.7 Å². The molecule has 0 aliphatic rings. The Labute approximate surface area is 282 Å². The van der Waals surface area contributed by atoms with Gasteiger partial charge in [-0.2, -0.15) is 0 Å². The molecular weight excluding hydrogens is 711 g/mol. The second-order valence-electron chi connectivity index (χ2n) is 7.38. The molecule has 0 spiro atoms. The molecule has 5 aromatic rings. The van der Waals surface area contributed by atoms with Crippen LogP contribution >= 0.6 is 63.1 Å². The fourth-order valence-corrected chi connectivity index (χ4v) is 2.95. The van der Waals surface area contributed by atoms with Gasteiger partial charge in [0.1, 0.15) is 29.1 Å². The monoisotopic (exact) mass is 740 g/mol. The molecule has 0 saturated carbocycles. The van der Waals surface area contributed by atoms with Gasteiger partial charge >= 0.3 is 0 Å². The maximum absolute atomic E-state index is 12.1. The molecule has 5 rings (SSSR count). The Morgan fingerprint density at radius 2 is 0.311 bits per heavy atom. The molecule has 0 aliphatic heterocycles. The van der Waals surface area contributed by atoms with Gasteiger partial charge in [-0.05, 0) is 121 Å². The first kappa shape index (κ1) is 51.7. The van der Waals surface area contributed by atoms with Crippen LogP contribution in [0.3, 0.4) is 0 Å². The second kappa shape index (κ2) is 29.8. The second-order valence-corrected chi connectivity index (χ2v) is 9.96. The summed E-state index contributed by atoms with van der Waals surface area (Å²) in [5.74, 6) is -1.10. The van der Waals surface area contributed by atoms with E-state index in [1.165, 1.54) is 60.7 Å². The van der Waals surface area contributed by atoms with Gasteiger partial charge in [-0.25, -0.2) is 22.0 Å². The molecule has 0 saturated heterocycles. The Bertz CT molecular complexity index is 1000. The number of thiol groups is 5. The van der Waals surface area contributed by atoms with E-state index in [4.69, 9.17) is 0 Å². The van der Waals surface area contributed by atoms with Crippen LogP contribution in [0.4, 0.5) is 45.5 Å². The van der Waals surface area contributed by atoms with Crippen molar-refractivity contribution in [1.82, 2.24) is 0 Å². The van der Waals surface area contributed by atoms with Crippen molar-refractivity contribution in [3.63, 3.8) is 0 Å². The molecular formula is C30H30F10S5. The number of hydrogen-bond donors (Lipinski definition) is 5. The van der Waals surface area contributed by atoms with Gasteiger partial charge in [0, 0.05) is 24.5 Å². The van der Waals surface area contributed by atoms with Gasteiger partial charge in [0.25, 0.3) is 0 Å². The summed E-state index contributed by atoms with van der Waals surface area (Å²) in [6.45, 7) is 0. The molecule has 0 fully saturated rings. The third-order valence-electron chi connectivity index (χ3n) is 4.13. The predicted molar refractivity (Wildman–Crippen MR) is 181 cm³/mol. The van der Waals surface area contributed by atoms with Gasteiger partial charge < -0.3 is 0 Å².